The van der Waals surface area contributed by atoms with Gasteiger partial charge in [-0.3, -0.25) is 0 Å². The molecule has 8 aromatic rings. The number of hydrogen-bond acceptors (Lipinski definition) is 4. The van der Waals surface area contributed by atoms with Crippen LogP contribution in [0, 0.1) is 0 Å². The Morgan fingerprint density at radius 3 is 1.90 bits per heavy atom. The number of nitrogens with zero attached hydrogens (tertiary/aromatic N) is 5. The summed E-state index contributed by atoms with van der Waals surface area (Å²) in [6.07, 6.45) is 8.95. The molecule has 0 amide bonds. The molecule has 1 aliphatic carbocycles. The summed E-state index contributed by atoms with van der Waals surface area (Å²) in [5.41, 5.74) is 7.91. The van der Waals surface area contributed by atoms with Crippen LogP contribution in [0.3, 0.4) is 0 Å². The largest absolute Gasteiger partial charge is 0.308 e. The number of benzene rings is 6. The van der Waals surface area contributed by atoms with Gasteiger partial charge < -0.3 is 9.47 Å². The van der Waals surface area contributed by atoms with Crippen LogP contribution in [0.4, 0.5) is 11.6 Å². The molecular formula is C43H29N5. The van der Waals surface area contributed by atoms with Crippen LogP contribution in [0.2, 0.25) is 0 Å². The number of fused-ring (bicyclic) bond motifs is 8. The molecule has 2 aliphatic rings. The lowest BCUT2D eigenvalue weighted by Crippen LogP contribution is -2.30. The van der Waals surface area contributed by atoms with E-state index in [-0.39, 0.29) is 12.0 Å². The summed E-state index contributed by atoms with van der Waals surface area (Å²) in [5, 5.41) is 4.93. The summed E-state index contributed by atoms with van der Waals surface area (Å²) in [4.78, 5) is 17.7. The zero-order chi connectivity index (χ0) is 31.6. The second kappa shape index (κ2) is 10.6. The first-order chi connectivity index (χ1) is 23.8. The Hall–Kier alpha value is -6.33. The lowest BCUT2D eigenvalue weighted by Gasteiger charge is -2.27. The van der Waals surface area contributed by atoms with Gasteiger partial charge in [0.15, 0.2) is 11.6 Å². The molecule has 2 atom stereocenters. The molecule has 0 saturated carbocycles. The minimum absolute atomic E-state index is 0.00391. The van der Waals surface area contributed by atoms with Crippen LogP contribution in [-0.2, 0) is 0 Å². The highest BCUT2D eigenvalue weighted by Crippen LogP contribution is 2.52. The van der Waals surface area contributed by atoms with E-state index in [4.69, 9.17) is 15.0 Å². The molecule has 5 nitrogen and oxygen atoms in total. The highest BCUT2D eigenvalue weighted by molar-refractivity contribution is 6.13. The van der Waals surface area contributed by atoms with Crippen molar-refractivity contribution in [2.45, 2.75) is 12.0 Å². The van der Waals surface area contributed by atoms with Gasteiger partial charge in [-0.2, -0.15) is 9.97 Å². The molecule has 10 rings (SSSR count). The Balaban J connectivity index is 1.28. The van der Waals surface area contributed by atoms with Crippen molar-refractivity contribution in [3.05, 3.63) is 169 Å². The lowest BCUT2D eigenvalue weighted by atomic mass is 9.90. The summed E-state index contributed by atoms with van der Waals surface area (Å²) in [7, 11) is 0. The fourth-order valence-corrected chi connectivity index (χ4v) is 7.68. The topological polar surface area (TPSA) is 46.8 Å². The fourth-order valence-electron chi connectivity index (χ4n) is 7.68. The minimum atomic E-state index is 0.00391. The van der Waals surface area contributed by atoms with Crippen molar-refractivity contribution >= 4 is 44.2 Å². The van der Waals surface area contributed by atoms with Crippen LogP contribution in [0.25, 0.3) is 61.0 Å². The van der Waals surface area contributed by atoms with Crippen molar-refractivity contribution in [3.63, 3.8) is 0 Å². The van der Waals surface area contributed by atoms with Crippen molar-refractivity contribution in [1.82, 2.24) is 19.5 Å². The molecule has 0 N–H and O–H groups in total. The van der Waals surface area contributed by atoms with E-state index >= 15 is 0 Å². The summed E-state index contributed by atoms with van der Waals surface area (Å²) < 4.78 is 2.48. The third kappa shape index (κ3) is 4.01. The maximum Gasteiger partial charge on any atom is 0.234 e. The van der Waals surface area contributed by atoms with Gasteiger partial charge in [0.05, 0.1) is 28.5 Å². The van der Waals surface area contributed by atoms with Gasteiger partial charge >= 0.3 is 0 Å². The Morgan fingerprint density at radius 2 is 1.12 bits per heavy atom. The van der Waals surface area contributed by atoms with Gasteiger partial charge in [0.2, 0.25) is 5.95 Å². The standard InChI is InChI=1S/C43H29N5/c1-3-15-29(16-4-1)41-44-42(30-17-5-2-6-18-30)46-43(45-41)48-37-24-12-10-22-34(37)39-38(48)27-26-33-32-21-9-11-23-36(32)47(40(33)39)35-25-13-19-28-14-7-8-20-31(28)35/h1-27,34,37H. The minimum Gasteiger partial charge on any atom is -0.308 e. The molecular weight excluding hydrogens is 587 g/mol. The molecule has 0 bridgehead atoms. The van der Waals surface area contributed by atoms with Crippen molar-refractivity contribution in [2.24, 2.45) is 0 Å². The van der Waals surface area contributed by atoms with E-state index in [1.54, 1.807) is 0 Å². The third-order valence-corrected chi connectivity index (χ3v) is 9.76. The number of para-hydroxylation sites is 1. The average Bonchev–Trinajstić information content (AvgIpc) is 3.68. The Bertz CT molecular complexity index is 2520. The van der Waals surface area contributed by atoms with Crippen molar-refractivity contribution in [1.29, 1.82) is 0 Å². The monoisotopic (exact) mass is 615 g/mol. The van der Waals surface area contributed by atoms with E-state index in [9.17, 15) is 0 Å². The van der Waals surface area contributed by atoms with E-state index in [2.05, 4.69) is 137 Å². The van der Waals surface area contributed by atoms with Gasteiger partial charge in [0, 0.05) is 38.8 Å². The van der Waals surface area contributed by atoms with E-state index in [0.29, 0.717) is 17.6 Å². The second-order valence-corrected chi connectivity index (χ2v) is 12.4. The van der Waals surface area contributed by atoms with Gasteiger partial charge in [-0.15, -0.1) is 0 Å². The third-order valence-electron chi connectivity index (χ3n) is 9.76. The molecule has 1 aliphatic heterocycles. The molecule has 2 aromatic heterocycles. The smallest absolute Gasteiger partial charge is 0.234 e. The fraction of sp³-hybridized carbons (Fsp3) is 0.0465. The van der Waals surface area contributed by atoms with Crippen LogP contribution in [0.5, 0.6) is 0 Å². The van der Waals surface area contributed by atoms with E-state index in [1.165, 1.54) is 43.8 Å². The zero-order valence-corrected chi connectivity index (χ0v) is 26.0. The molecule has 0 radical (unpaired) electrons. The van der Waals surface area contributed by atoms with Crippen LogP contribution >= 0.6 is 0 Å². The summed E-state index contributed by atoms with van der Waals surface area (Å²) in [6.45, 7) is 0. The first-order valence-corrected chi connectivity index (χ1v) is 16.4. The molecule has 2 unspecified atom stereocenters. The predicted octanol–water partition coefficient (Wildman–Crippen LogP) is 10.2. The quantitative estimate of drug-likeness (QED) is 0.198. The molecule has 5 heteroatoms. The van der Waals surface area contributed by atoms with Crippen LogP contribution in [0.15, 0.2) is 164 Å². The summed E-state index contributed by atoms with van der Waals surface area (Å²) >= 11 is 0. The van der Waals surface area contributed by atoms with Gasteiger partial charge in [0.25, 0.3) is 0 Å². The Labute approximate surface area is 277 Å². The highest BCUT2D eigenvalue weighted by Gasteiger charge is 2.41. The van der Waals surface area contributed by atoms with Crippen molar-refractivity contribution in [2.75, 3.05) is 4.90 Å². The number of anilines is 2. The van der Waals surface area contributed by atoms with Gasteiger partial charge in [-0.25, -0.2) is 4.98 Å². The number of hydrogen-bond donors (Lipinski definition) is 0. The molecule has 0 fully saturated rings. The lowest BCUT2D eigenvalue weighted by molar-refractivity contribution is 0.729. The van der Waals surface area contributed by atoms with Gasteiger partial charge in [-0.1, -0.05) is 146 Å². The summed E-state index contributed by atoms with van der Waals surface area (Å²) in [6, 6.07) is 49.0. The second-order valence-electron chi connectivity index (χ2n) is 12.4. The predicted molar refractivity (Wildman–Crippen MR) is 196 cm³/mol. The van der Waals surface area contributed by atoms with Gasteiger partial charge in [-0.05, 0) is 23.6 Å². The average molecular weight is 616 g/mol. The molecule has 48 heavy (non-hydrogen) atoms. The molecule has 6 aromatic carbocycles. The number of allylic oxidation sites excluding steroid dienone is 2. The first-order valence-electron chi connectivity index (χ1n) is 16.4. The maximum absolute atomic E-state index is 5.18. The van der Waals surface area contributed by atoms with Crippen molar-refractivity contribution < 1.29 is 0 Å². The number of aromatic nitrogens is 4. The van der Waals surface area contributed by atoms with Gasteiger partial charge in [0.1, 0.15) is 0 Å². The van der Waals surface area contributed by atoms with Crippen LogP contribution in [0.1, 0.15) is 11.5 Å². The molecule has 3 heterocycles. The van der Waals surface area contributed by atoms with E-state index in [1.807, 2.05) is 36.4 Å². The first kappa shape index (κ1) is 26.8. The maximum atomic E-state index is 5.18. The SMILES string of the molecule is C1=CC2c3c(ccc4c5ccccc5n(-c5cccc6ccccc56)c34)N(c3nc(-c4ccccc4)nc(-c4ccccc4)n3)C2C=C1. The molecule has 0 spiro atoms. The Kier molecular flexibility index (Phi) is 5.93. The van der Waals surface area contributed by atoms with E-state index < -0.39 is 0 Å². The Morgan fingerprint density at radius 1 is 0.479 bits per heavy atom. The van der Waals surface area contributed by atoms with Crippen LogP contribution in [-0.4, -0.2) is 25.6 Å². The highest BCUT2D eigenvalue weighted by atomic mass is 15.3. The van der Waals surface area contributed by atoms with Crippen molar-refractivity contribution in [3.8, 4) is 28.5 Å². The molecule has 0 saturated heterocycles. The summed E-state index contributed by atoms with van der Waals surface area (Å²) in [5.74, 6) is 2.06. The van der Waals surface area contributed by atoms with E-state index in [0.717, 1.165) is 16.8 Å². The zero-order valence-electron chi connectivity index (χ0n) is 26.0. The normalized spacial score (nSPS) is 16.5. The number of rotatable bonds is 4. The van der Waals surface area contributed by atoms with Crippen LogP contribution < -0.4 is 4.90 Å². The molecule has 226 valence electrons.